The molecule has 0 saturated heterocycles. The van der Waals surface area contributed by atoms with Gasteiger partial charge in [0, 0.05) is 11.8 Å². The van der Waals surface area contributed by atoms with E-state index >= 15 is 0 Å². The van der Waals surface area contributed by atoms with Gasteiger partial charge in [-0.2, -0.15) is 0 Å². The maximum atomic E-state index is 12.8. The van der Waals surface area contributed by atoms with Gasteiger partial charge in [-0.1, -0.05) is 12.1 Å². The lowest BCUT2D eigenvalue weighted by atomic mass is 10.1. The minimum absolute atomic E-state index is 0.0633. The SMILES string of the molecule is COc1ccc(/C=C2/CCc3c2nc2ccc(C(=O)O)cn2c3=O)cc1. The summed E-state index contributed by atoms with van der Waals surface area (Å²) in [4.78, 5) is 28.5. The Labute approximate surface area is 149 Å². The van der Waals surface area contributed by atoms with Crippen molar-refractivity contribution in [3.8, 4) is 5.75 Å². The molecule has 6 nitrogen and oxygen atoms in total. The van der Waals surface area contributed by atoms with E-state index in [-0.39, 0.29) is 11.1 Å². The van der Waals surface area contributed by atoms with Gasteiger partial charge in [-0.05, 0) is 54.3 Å². The van der Waals surface area contributed by atoms with E-state index in [1.54, 1.807) is 13.2 Å². The first-order chi connectivity index (χ1) is 12.6. The minimum atomic E-state index is -1.07. The lowest BCUT2D eigenvalue weighted by Gasteiger charge is -2.06. The standard InChI is InChI=1S/C20H16N2O4/c1-26-15-6-2-12(3-7-15)10-13-4-8-16-18(13)21-17-9-5-14(20(24)25)11-22(17)19(16)23/h2-3,5-7,9-11H,4,8H2,1H3,(H,24,25)/b13-10-. The van der Waals surface area contributed by atoms with Crippen LogP contribution >= 0.6 is 0 Å². The zero-order valence-electron chi connectivity index (χ0n) is 14.1. The average molecular weight is 348 g/mol. The predicted octanol–water partition coefficient (Wildman–Crippen LogP) is 2.89. The normalized spacial score (nSPS) is 14.6. The molecule has 0 amide bonds. The molecule has 0 saturated carbocycles. The van der Waals surface area contributed by atoms with Gasteiger partial charge >= 0.3 is 5.97 Å². The molecule has 3 aromatic rings. The first-order valence-corrected chi connectivity index (χ1v) is 8.20. The number of hydrogen-bond donors (Lipinski definition) is 1. The molecule has 1 aliphatic carbocycles. The van der Waals surface area contributed by atoms with E-state index in [1.807, 2.05) is 30.3 Å². The summed E-state index contributed by atoms with van der Waals surface area (Å²) in [5.41, 5.74) is 3.66. The molecule has 130 valence electrons. The molecule has 6 heteroatoms. The second-order valence-corrected chi connectivity index (χ2v) is 6.14. The van der Waals surface area contributed by atoms with Gasteiger partial charge in [0.15, 0.2) is 0 Å². The van der Waals surface area contributed by atoms with E-state index in [0.29, 0.717) is 23.3 Å². The minimum Gasteiger partial charge on any atom is -0.497 e. The molecule has 0 aliphatic heterocycles. The van der Waals surface area contributed by atoms with Crippen molar-refractivity contribution in [2.75, 3.05) is 7.11 Å². The Hall–Kier alpha value is -3.41. The van der Waals surface area contributed by atoms with Crippen LogP contribution < -0.4 is 10.3 Å². The van der Waals surface area contributed by atoms with Gasteiger partial charge in [-0.3, -0.25) is 9.20 Å². The van der Waals surface area contributed by atoms with Gasteiger partial charge in [0.05, 0.1) is 18.4 Å². The average Bonchev–Trinajstić information content (AvgIpc) is 3.05. The second kappa shape index (κ2) is 6.15. The molecule has 1 aromatic carbocycles. The molecule has 4 rings (SSSR count). The number of aromatic carboxylic acids is 1. The smallest absolute Gasteiger partial charge is 0.337 e. The summed E-state index contributed by atoms with van der Waals surface area (Å²) in [6.07, 6.45) is 4.69. The third kappa shape index (κ3) is 2.65. The van der Waals surface area contributed by atoms with E-state index in [9.17, 15) is 9.59 Å². The number of benzene rings is 1. The van der Waals surface area contributed by atoms with E-state index in [4.69, 9.17) is 9.84 Å². The highest BCUT2D eigenvalue weighted by Gasteiger charge is 2.23. The number of carboxylic acid groups (broad SMARTS) is 1. The van der Waals surface area contributed by atoms with Crippen LogP contribution in [-0.2, 0) is 6.42 Å². The molecule has 0 atom stereocenters. The van der Waals surface area contributed by atoms with Crippen LogP contribution in [0.4, 0.5) is 0 Å². The summed E-state index contributed by atoms with van der Waals surface area (Å²) in [6.45, 7) is 0. The number of allylic oxidation sites excluding steroid dienone is 1. The summed E-state index contributed by atoms with van der Waals surface area (Å²) in [7, 11) is 1.62. The number of carboxylic acids is 1. The monoisotopic (exact) mass is 348 g/mol. The third-order valence-electron chi connectivity index (χ3n) is 4.57. The van der Waals surface area contributed by atoms with Crippen molar-refractivity contribution in [2.45, 2.75) is 12.8 Å². The molecule has 0 spiro atoms. The molecule has 2 aromatic heterocycles. The Kier molecular flexibility index (Phi) is 3.80. The molecule has 0 bridgehead atoms. The van der Waals surface area contributed by atoms with Crippen LogP contribution in [0.3, 0.4) is 0 Å². The summed E-state index contributed by atoms with van der Waals surface area (Å²) < 4.78 is 6.48. The van der Waals surface area contributed by atoms with Gasteiger partial charge in [-0.15, -0.1) is 0 Å². The Morgan fingerprint density at radius 3 is 2.65 bits per heavy atom. The quantitative estimate of drug-likeness (QED) is 0.787. The van der Waals surface area contributed by atoms with Crippen LogP contribution in [0.2, 0.25) is 0 Å². The largest absolute Gasteiger partial charge is 0.497 e. The van der Waals surface area contributed by atoms with Crippen LogP contribution in [0.5, 0.6) is 5.75 Å². The van der Waals surface area contributed by atoms with Crippen LogP contribution in [0.15, 0.2) is 47.4 Å². The number of pyridine rings is 1. The van der Waals surface area contributed by atoms with E-state index in [1.165, 1.54) is 16.7 Å². The number of carbonyl (C=O) groups is 1. The number of hydrogen-bond acceptors (Lipinski definition) is 4. The van der Waals surface area contributed by atoms with Crippen LogP contribution in [-0.4, -0.2) is 27.6 Å². The maximum Gasteiger partial charge on any atom is 0.337 e. The summed E-state index contributed by atoms with van der Waals surface area (Å²) in [5, 5.41) is 9.12. The summed E-state index contributed by atoms with van der Waals surface area (Å²) >= 11 is 0. The summed E-state index contributed by atoms with van der Waals surface area (Å²) in [6, 6.07) is 10.7. The second-order valence-electron chi connectivity index (χ2n) is 6.14. The predicted molar refractivity (Wildman–Crippen MR) is 97.6 cm³/mol. The lowest BCUT2D eigenvalue weighted by molar-refractivity contribution is 0.0696. The van der Waals surface area contributed by atoms with Crippen molar-refractivity contribution < 1.29 is 14.6 Å². The lowest BCUT2D eigenvalue weighted by Crippen LogP contribution is -2.20. The molecule has 0 radical (unpaired) electrons. The zero-order valence-corrected chi connectivity index (χ0v) is 14.1. The van der Waals surface area contributed by atoms with Crippen molar-refractivity contribution >= 4 is 23.3 Å². The number of methoxy groups -OCH3 is 1. The highest BCUT2D eigenvalue weighted by molar-refractivity contribution is 5.88. The molecule has 2 heterocycles. The van der Waals surface area contributed by atoms with E-state index in [2.05, 4.69) is 4.98 Å². The molecule has 1 aliphatic rings. The van der Waals surface area contributed by atoms with E-state index in [0.717, 1.165) is 23.3 Å². The Morgan fingerprint density at radius 2 is 1.96 bits per heavy atom. The molecular formula is C20H16N2O4. The van der Waals surface area contributed by atoms with Crippen LogP contribution in [0.1, 0.15) is 33.6 Å². The third-order valence-corrected chi connectivity index (χ3v) is 4.57. The number of fused-ring (bicyclic) bond motifs is 2. The molecule has 26 heavy (non-hydrogen) atoms. The summed E-state index contributed by atoms with van der Waals surface area (Å²) in [5.74, 6) is -0.282. The van der Waals surface area contributed by atoms with Gasteiger partial charge in [0.2, 0.25) is 0 Å². The maximum absolute atomic E-state index is 12.8. The first kappa shape index (κ1) is 16.1. The molecule has 0 fully saturated rings. The highest BCUT2D eigenvalue weighted by Crippen LogP contribution is 2.31. The number of aromatic nitrogens is 2. The number of nitrogens with zero attached hydrogens (tertiary/aromatic N) is 2. The van der Waals surface area contributed by atoms with Crippen molar-refractivity contribution in [2.24, 2.45) is 0 Å². The Bertz CT molecular complexity index is 1110. The van der Waals surface area contributed by atoms with Crippen molar-refractivity contribution in [3.05, 3.63) is 75.3 Å². The number of ether oxygens (including phenoxy) is 1. The fraction of sp³-hybridized carbons (Fsp3) is 0.150. The molecular weight excluding hydrogens is 332 g/mol. The highest BCUT2D eigenvalue weighted by atomic mass is 16.5. The van der Waals surface area contributed by atoms with Crippen molar-refractivity contribution in [1.82, 2.24) is 9.38 Å². The van der Waals surface area contributed by atoms with Gasteiger partial charge in [0.25, 0.3) is 5.56 Å². The Balaban J connectivity index is 1.82. The van der Waals surface area contributed by atoms with Crippen molar-refractivity contribution in [3.63, 3.8) is 0 Å². The van der Waals surface area contributed by atoms with Gasteiger partial charge in [-0.25, -0.2) is 9.78 Å². The Morgan fingerprint density at radius 1 is 1.19 bits per heavy atom. The zero-order chi connectivity index (χ0) is 18.3. The van der Waals surface area contributed by atoms with Crippen LogP contribution in [0.25, 0.3) is 17.3 Å². The number of rotatable bonds is 3. The van der Waals surface area contributed by atoms with Gasteiger partial charge < -0.3 is 9.84 Å². The topological polar surface area (TPSA) is 80.9 Å². The van der Waals surface area contributed by atoms with Crippen LogP contribution in [0, 0.1) is 0 Å². The molecule has 0 unspecified atom stereocenters. The first-order valence-electron chi connectivity index (χ1n) is 8.20. The fourth-order valence-corrected chi connectivity index (χ4v) is 3.21. The van der Waals surface area contributed by atoms with E-state index < -0.39 is 5.97 Å². The van der Waals surface area contributed by atoms with Crippen molar-refractivity contribution in [1.29, 1.82) is 0 Å². The fourth-order valence-electron chi connectivity index (χ4n) is 3.21. The van der Waals surface area contributed by atoms with Gasteiger partial charge in [0.1, 0.15) is 11.4 Å². The molecule has 1 N–H and O–H groups in total.